The van der Waals surface area contributed by atoms with Gasteiger partial charge >= 0.3 is 6.18 Å². The van der Waals surface area contributed by atoms with Gasteiger partial charge in [0.15, 0.2) is 0 Å². The lowest BCUT2D eigenvalue weighted by atomic mass is 9.98. The molecule has 2 N–H and O–H groups in total. The molecule has 0 spiro atoms. The molecular formula is C18H16F3NS. The van der Waals surface area contributed by atoms with Crippen LogP contribution in [-0.4, -0.2) is 6.54 Å². The Kier molecular flexibility index (Phi) is 4.50. The van der Waals surface area contributed by atoms with Crippen molar-refractivity contribution in [2.45, 2.75) is 28.8 Å². The molecule has 2 aromatic rings. The van der Waals surface area contributed by atoms with Crippen LogP contribution in [0.25, 0.3) is 11.6 Å². The van der Waals surface area contributed by atoms with Crippen molar-refractivity contribution in [2.24, 2.45) is 5.73 Å². The van der Waals surface area contributed by atoms with Gasteiger partial charge in [0.2, 0.25) is 0 Å². The first-order chi connectivity index (χ1) is 11.0. The summed E-state index contributed by atoms with van der Waals surface area (Å²) in [5, 5.41) is 0. The second-order valence-electron chi connectivity index (χ2n) is 5.41. The molecule has 0 unspecified atom stereocenters. The topological polar surface area (TPSA) is 26.0 Å². The van der Waals surface area contributed by atoms with Gasteiger partial charge in [0.25, 0.3) is 0 Å². The van der Waals surface area contributed by atoms with Gasteiger partial charge in [-0.3, -0.25) is 0 Å². The number of rotatable bonds is 3. The molecule has 0 saturated carbocycles. The van der Waals surface area contributed by atoms with E-state index in [4.69, 9.17) is 5.73 Å². The van der Waals surface area contributed by atoms with Gasteiger partial charge in [0.1, 0.15) is 0 Å². The maximum absolute atomic E-state index is 13.0. The van der Waals surface area contributed by atoms with E-state index in [1.807, 2.05) is 30.3 Å². The average molecular weight is 335 g/mol. The molecule has 2 aromatic carbocycles. The van der Waals surface area contributed by atoms with E-state index >= 15 is 0 Å². The average Bonchev–Trinajstić information content (AvgIpc) is 2.67. The lowest BCUT2D eigenvalue weighted by Gasteiger charge is -2.10. The van der Waals surface area contributed by atoms with Crippen LogP contribution in [-0.2, 0) is 6.18 Å². The predicted octanol–water partition coefficient (Wildman–Crippen LogP) is 5.45. The Hall–Kier alpha value is -1.72. The summed E-state index contributed by atoms with van der Waals surface area (Å²) in [6.07, 6.45) is -0.897. The molecule has 1 heterocycles. The van der Waals surface area contributed by atoms with Crippen molar-refractivity contribution >= 4 is 23.4 Å². The molecule has 120 valence electrons. The van der Waals surface area contributed by atoms with Crippen molar-refractivity contribution in [2.75, 3.05) is 6.54 Å². The van der Waals surface area contributed by atoms with Gasteiger partial charge in [0, 0.05) is 9.79 Å². The number of halogens is 3. The second-order valence-corrected chi connectivity index (χ2v) is 6.49. The molecule has 0 saturated heterocycles. The Morgan fingerprint density at radius 1 is 1.00 bits per heavy atom. The second kappa shape index (κ2) is 6.42. The molecule has 0 bridgehead atoms. The smallest absolute Gasteiger partial charge is 0.330 e. The molecule has 0 aliphatic carbocycles. The molecule has 0 radical (unpaired) electrons. The Bertz CT molecular complexity index is 750. The van der Waals surface area contributed by atoms with E-state index in [9.17, 15) is 13.2 Å². The molecule has 0 aromatic heterocycles. The van der Waals surface area contributed by atoms with Crippen molar-refractivity contribution in [3.63, 3.8) is 0 Å². The van der Waals surface area contributed by atoms with E-state index in [1.165, 1.54) is 17.8 Å². The lowest BCUT2D eigenvalue weighted by Crippen LogP contribution is -2.05. The van der Waals surface area contributed by atoms with Gasteiger partial charge in [0.05, 0.1) is 5.56 Å². The summed E-state index contributed by atoms with van der Waals surface area (Å²) >= 11 is 1.51. The number of alkyl halides is 3. The molecule has 0 atom stereocenters. The van der Waals surface area contributed by atoms with Crippen molar-refractivity contribution in [1.29, 1.82) is 0 Å². The first-order valence-corrected chi connectivity index (χ1v) is 8.20. The Balaban J connectivity index is 2.12. The number of allylic oxidation sites excluding steroid dienone is 1. The first-order valence-electron chi connectivity index (χ1n) is 7.38. The van der Waals surface area contributed by atoms with Crippen molar-refractivity contribution < 1.29 is 13.2 Å². The van der Waals surface area contributed by atoms with Crippen molar-refractivity contribution in [3.8, 4) is 0 Å². The fraction of sp³-hybridized carbons (Fsp3) is 0.222. The number of hydrogen-bond donors (Lipinski definition) is 1. The number of hydrogen-bond acceptors (Lipinski definition) is 2. The quantitative estimate of drug-likeness (QED) is 0.807. The normalized spacial score (nSPS) is 13.8. The van der Waals surface area contributed by atoms with Crippen LogP contribution in [0, 0.1) is 0 Å². The number of nitrogens with two attached hydrogens (primary N) is 1. The third kappa shape index (κ3) is 3.46. The van der Waals surface area contributed by atoms with E-state index in [0.717, 1.165) is 39.8 Å². The van der Waals surface area contributed by atoms with Crippen LogP contribution in [0.5, 0.6) is 0 Å². The van der Waals surface area contributed by atoms with E-state index in [1.54, 1.807) is 6.07 Å². The van der Waals surface area contributed by atoms with Crippen LogP contribution in [0.1, 0.15) is 29.5 Å². The molecule has 0 fully saturated rings. The van der Waals surface area contributed by atoms with Crippen LogP contribution >= 0.6 is 11.8 Å². The van der Waals surface area contributed by atoms with E-state index in [0.29, 0.717) is 12.1 Å². The highest BCUT2D eigenvalue weighted by Crippen LogP contribution is 2.43. The maximum Gasteiger partial charge on any atom is 0.416 e. The fourth-order valence-corrected chi connectivity index (χ4v) is 3.70. The SMILES string of the molecule is NCCCC1=Cc2cc(C(F)(F)F)ccc2Sc2ccccc21. The number of fused-ring (bicyclic) bond motifs is 2. The third-order valence-corrected chi connectivity index (χ3v) is 4.94. The molecule has 1 aliphatic heterocycles. The minimum absolute atomic E-state index is 0.558. The minimum atomic E-state index is -4.33. The molecule has 5 heteroatoms. The first kappa shape index (κ1) is 16.1. The largest absolute Gasteiger partial charge is 0.416 e. The molecule has 1 aliphatic rings. The molecule has 23 heavy (non-hydrogen) atoms. The molecule has 1 nitrogen and oxygen atoms in total. The summed E-state index contributed by atoms with van der Waals surface area (Å²) in [5.41, 5.74) is 7.72. The molecule has 3 rings (SSSR count). The molecule has 0 amide bonds. The highest BCUT2D eigenvalue weighted by molar-refractivity contribution is 7.99. The van der Waals surface area contributed by atoms with Crippen LogP contribution in [0.15, 0.2) is 52.3 Å². The zero-order valence-corrected chi connectivity index (χ0v) is 13.2. The predicted molar refractivity (Wildman–Crippen MR) is 88.2 cm³/mol. The standard InChI is InChI=1S/C18H16F3NS/c19-18(20,21)14-7-8-16-13(11-14)10-12(4-3-9-22)15-5-1-2-6-17(15)23-16/h1-2,5-8,10-11H,3-4,9,22H2. The lowest BCUT2D eigenvalue weighted by molar-refractivity contribution is -0.137. The van der Waals surface area contributed by atoms with Crippen LogP contribution < -0.4 is 5.73 Å². The van der Waals surface area contributed by atoms with Gasteiger partial charge < -0.3 is 5.73 Å². The van der Waals surface area contributed by atoms with Crippen LogP contribution in [0.2, 0.25) is 0 Å². The summed E-state index contributed by atoms with van der Waals surface area (Å²) in [6.45, 7) is 0.558. The van der Waals surface area contributed by atoms with Gasteiger partial charge in [-0.2, -0.15) is 13.2 Å². The van der Waals surface area contributed by atoms with Crippen molar-refractivity contribution in [1.82, 2.24) is 0 Å². The Labute approximate surface area is 137 Å². The maximum atomic E-state index is 13.0. The Morgan fingerprint density at radius 2 is 1.78 bits per heavy atom. The highest BCUT2D eigenvalue weighted by atomic mass is 32.2. The van der Waals surface area contributed by atoms with Gasteiger partial charge in [-0.05, 0) is 66.4 Å². The molecular weight excluding hydrogens is 319 g/mol. The fourth-order valence-electron chi connectivity index (χ4n) is 2.63. The number of benzene rings is 2. The summed E-state index contributed by atoms with van der Waals surface area (Å²) < 4.78 is 38.9. The van der Waals surface area contributed by atoms with Gasteiger partial charge in [-0.25, -0.2) is 0 Å². The monoisotopic (exact) mass is 335 g/mol. The summed E-state index contributed by atoms with van der Waals surface area (Å²) in [4.78, 5) is 1.91. The van der Waals surface area contributed by atoms with Crippen LogP contribution in [0.4, 0.5) is 13.2 Å². The van der Waals surface area contributed by atoms with Gasteiger partial charge in [-0.1, -0.05) is 30.0 Å². The Morgan fingerprint density at radius 3 is 2.52 bits per heavy atom. The zero-order valence-electron chi connectivity index (χ0n) is 12.4. The zero-order chi connectivity index (χ0) is 16.4. The van der Waals surface area contributed by atoms with Crippen LogP contribution in [0.3, 0.4) is 0 Å². The summed E-state index contributed by atoms with van der Waals surface area (Å²) in [6, 6.07) is 11.9. The van der Waals surface area contributed by atoms with E-state index in [-0.39, 0.29) is 0 Å². The summed E-state index contributed by atoms with van der Waals surface area (Å²) in [7, 11) is 0. The highest BCUT2D eigenvalue weighted by Gasteiger charge is 2.31. The van der Waals surface area contributed by atoms with E-state index in [2.05, 4.69) is 0 Å². The van der Waals surface area contributed by atoms with E-state index < -0.39 is 11.7 Å². The van der Waals surface area contributed by atoms with Gasteiger partial charge in [-0.15, -0.1) is 0 Å². The summed E-state index contributed by atoms with van der Waals surface area (Å²) in [5.74, 6) is 0. The third-order valence-electron chi connectivity index (χ3n) is 3.77. The minimum Gasteiger partial charge on any atom is -0.330 e. The van der Waals surface area contributed by atoms with Crippen molar-refractivity contribution in [3.05, 3.63) is 59.2 Å².